The number of amides is 1. The quantitative estimate of drug-likeness (QED) is 0.754. The molecule has 0 spiro atoms. The Labute approximate surface area is 147 Å². The SMILES string of the molecule is [C-]#[N+]C1=C[C@]2(C)c3nn(C)c(-c4ccccc4)c3CC[C@H]2N(C)C1=O. The lowest BCUT2D eigenvalue weighted by atomic mass is 9.68. The lowest BCUT2D eigenvalue weighted by molar-refractivity contribution is -0.130. The summed E-state index contributed by atoms with van der Waals surface area (Å²) in [6, 6.07) is 10.3. The summed E-state index contributed by atoms with van der Waals surface area (Å²) in [4.78, 5) is 17.6. The Balaban J connectivity index is 1.94. The highest BCUT2D eigenvalue weighted by Crippen LogP contribution is 2.46. The summed E-state index contributed by atoms with van der Waals surface area (Å²) in [5.41, 5.74) is 4.27. The molecule has 0 bridgehead atoms. The number of hydrogen-bond donors (Lipinski definition) is 0. The molecule has 1 aliphatic heterocycles. The standard InChI is InChI=1S/C20H20N4O/c1-20-12-15(21-2)19(25)23(3)16(20)11-10-14-17(24(4)22-18(14)20)13-8-6-5-7-9-13/h5-9,12,16H,10-11H2,1,3-4H3/t16-,20+/m1/s1. The summed E-state index contributed by atoms with van der Waals surface area (Å²) < 4.78 is 1.94. The highest BCUT2D eigenvalue weighted by molar-refractivity contribution is 5.97. The number of carbonyl (C=O) groups is 1. The number of fused-ring (bicyclic) bond motifs is 3. The van der Waals surface area contributed by atoms with E-state index in [-0.39, 0.29) is 17.6 Å². The van der Waals surface area contributed by atoms with Crippen LogP contribution in [0.15, 0.2) is 42.1 Å². The number of nitrogens with zero attached hydrogens (tertiary/aromatic N) is 4. The first kappa shape index (κ1) is 15.6. The molecule has 0 saturated heterocycles. The lowest BCUT2D eigenvalue weighted by Crippen LogP contribution is -2.55. The predicted molar refractivity (Wildman–Crippen MR) is 95.6 cm³/mol. The van der Waals surface area contributed by atoms with Crippen molar-refractivity contribution < 1.29 is 4.79 Å². The third kappa shape index (κ3) is 2.07. The summed E-state index contributed by atoms with van der Waals surface area (Å²) in [6.45, 7) is 9.46. The highest BCUT2D eigenvalue weighted by atomic mass is 16.2. The fourth-order valence-electron chi connectivity index (χ4n) is 4.44. The van der Waals surface area contributed by atoms with E-state index in [9.17, 15) is 4.79 Å². The van der Waals surface area contributed by atoms with Crippen molar-refractivity contribution in [1.82, 2.24) is 14.7 Å². The fraction of sp³-hybridized carbons (Fsp3) is 0.350. The van der Waals surface area contributed by atoms with Crippen LogP contribution in [-0.4, -0.2) is 33.7 Å². The first-order valence-electron chi connectivity index (χ1n) is 8.46. The maximum atomic E-state index is 12.4. The molecule has 2 atom stereocenters. The molecule has 0 saturated carbocycles. The van der Waals surface area contributed by atoms with Gasteiger partial charge in [0, 0.05) is 36.7 Å². The van der Waals surface area contributed by atoms with Crippen LogP contribution in [0, 0.1) is 6.57 Å². The minimum Gasteiger partial charge on any atom is -0.347 e. The van der Waals surface area contributed by atoms with Crippen LogP contribution in [-0.2, 0) is 23.7 Å². The molecule has 2 aliphatic rings. The molecular weight excluding hydrogens is 312 g/mol. The molecule has 0 radical (unpaired) electrons. The smallest absolute Gasteiger partial charge is 0.252 e. The lowest BCUT2D eigenvalue weighted by Gasteiger charge is -2.46. The van der Waals surface area contributed by atoms with E-state index < -0.39 is 5.41 Å². The van der Waals surface area contributed by atoms with Crippen LogP contribution in [0.4, 0.5) is 0 Å². The molecule has 25 heavy (non-hydrogen) atoms. The van der Waals surface area contributed by atoms with Crippen LogP contribution in [0.5, 0.6) is 0 Å². The Kier molecular flexibility index (Phi) is 3.33. The third-order valence-corrected chi connectivity index (χ3v) is 5.63. The van der Waals surface area contributed by atoms with Crippen LogP contribution in [0.2, 0.25) is 0 Å². The molecule has 1 aromatic heterocycles. The highest BCUT2D eigenvalue weighted by Gasteiger charge is 2.49. The Morgan fingerprint density at radius 1 is 1.28 bits per heavy atom. The van der Waals surface area contributed by atoms with E-state index in [2.05, 4.69) is 23.9 Å². The number of rotatable bonds is 1. The maximum absolute atomic E-state index is 12.4. The van der Waals surface area contributed by atoms with Crippen LogP contribution in [0.25, 0.3) is 16.1 Å². The Morgan fingerprint density at radius 2 is 2.00 bits per heavy atom. The van der Waals surface area contributed by atoms with E-state index >= 15 is 0 Å². The van der Waals surface area contributed by atoms with E-state index in [1.807, 2.05) is 36.0 Å². The summed E-state index contributed by atoms with van der Waals surface area (Å²) >= 11 is 0. The van der Waals surface area contributed by atoms with Gasteiger partial charge >= 0.3 is 0 Å². The zero-order chi connectivity index (χ0) is 17.8. The van der Waals surface area contributed by atoms with Gasteiger partial charge in [-0.25, -0.2) is 4.85 Å². The maximum Gasteiger partial charge on any atom is 0.252 e. The van der Waals surface area contributed by atoms with Crippen LogP contribution in [0.3, 0.4) is 0 Å². The van der Waals surface area contributed by atoms with E-state index in [0.29, 0.717) is 0 Å². The number of benzene rings is 1. The molecule has 2 heterocycles. The van der Waals surface area contributed by atoms with Gasteiger partial charge in [-0.15, -0.1) is 0 Å². The van der Waals surface area contributed by atoms with Gasteiger partial charge < -0.3 is 4.90 Å². The van der Waals surface area contributed by atoms with Crippen molar-refractivity contribution in [3.05, 3.63) is 64.8 Å². The van der Waals surface area contributed by atoms with Gasteiger partial charge in [0.15, 0.2) is 0 Å². The molecule has 0 fully saturated rings. The first-order chi connectivity index (χ1) is 12.0. The van der Waals surface area contributed by atoms with Crippen molar-refractivity contribution >= 4 is 5.91 Å². The molecule has 4 rings (SSSR count). The minimum atomic E-state index is -0.430. The van der Waals surface area contributed by atoms with Gasteiger partial charge in [0.05, 0.1) is 18.0 Å². The number of aromatic nitrogens is 2. The van der Waals surface area contributed by atoms with E-state index in [1.54, 1.807) is 11.9 Å². The Bertz CT molecular complexity index is 935. The van der Waals surface area contributed by atoms with Gasteiger partial charge in [0.1, 0.15) is 0 Å². The normalized spacial score (nSPS) is 25.0. The van der Waals surface area contributed by atoms with Crippen molar-refractivity contribution in [3.63, 3.8) is 0 Å². The predicted octanol–water partition coefficient (Wildman–Crippen LogP) is 2.93. The second-order valence-corrected chi connectivity index (χ2v) is 7.06. The summed E-state index contributed by atoms with van der Waals surface area (Å²) in [7, 11) is 3.77. The molecule has 1 aliphatic carbocycles. The third-order valence-electron chi connectivity index (χ3n) is 5.63. The summed E-state index contributed by atoms with van der Waals surface area (Å²) in [6.07, 6.45) is 3.60. The molecule has 5 heteroatoms. The number of carbonyl (C=O) groups excluding carboxylic acids is 1. The van der Waals surface area contributed by atoms with E-state index in [1.165, 1.54) is 5.56 Å². The van der Waals surface area contributed by atoms with Gasteiger partial charge in [0.25, 0.3) is 5.91 Å². The minimum absolute atomic E-state index is 0.0384. The number of likely N-dealkylation sites (N-methyl/N-ethyl adjacent to an activating group) is 1. The van der Waals surface area contributed by atoms with Gasteiger partial charge in [-0.2, -0.15) is 5.10 Å². The molecule has 0 N–H and O–H groups in total. The first-order valence-corrected chi connectivity index (χ1v) is 8.46. The summed E-state index contributed by atoms with van der Waals surface area (Å²) in [5.74, 6) is -0.180. The molecule has 0 unspecified atom stereocenters. The van der Waals surface area contributed by atoms with Gasteiger partial charge in [-0.05, 0) is 19.8 Å². The molecule has 1 aromatic carbocycles. The largest absolute Gasteiger partial charge is 0.347 e. The molecular formula is C20H20N4O. The summed E-state index contributed by atoms with van der Waals surface area (Å²) in [5, 5.41) is 4.84. The van der Waals surface area contributed by atoms with Crippen molar-refractivity contribution in [3.8, 4) is 11.3 Å². The molecule has 2 aromatic rings. The Morgan fingerprint density at radius 3 is 2.68 bits per heavy atom. The van der Waals surface area contributed by atoms with Crippen molar-refractivity contribution in [2.45, 2.75) is 31.2 Å². The average Bonchev–Trinajstić information content (AvgIpc) is 2.96. The van der Waals surface area contributed by atoms with E-state index in [0.717, 1.165) is 29.8 Å². The van der Waals surface area contributed by atoms with Crippen LogP contribution in [0.1, 0.15) is 24.6 Å². The topological polar surface area (TPSA) is 42.5 Å². The second-order valence-electron chi connectivity index (χ2n) is 7.06. The monoisotopic (exact) mass is 332 g/mol. The van der Waals surface area contributed by atoms with Crippen molar-refractivity contribution in [2.24, 2.45) is 7.05 Å². The van der Waals surface area contributed by atoms with Gasteiger partial charge in [-0.1, -0.05) is 36.4 Å². The average molecular weight is 332 g/mol. The van der Waals surface area contributed by atoms with Crippen LogP contribution >= 0.6 is 0 Å². The zero-order valence-corrected chi connectivity index (χ0v) is 14.7. The number of hydrogen-bond acceptors (Lipinski definition) is 2. The fourth-order valence-corrected chi connectivity index (χ4v) is 4.44. The van der Waals surface area contributed by atoms with Crippen molar-refractivity contribution in [2.75, 3.05) is 7.05 Å². The molecule has 5 nitrogen and oxygen atoms in total. The molecule has 1 amide bonds. The second kappa shape index (κ2) is 5.32. The van der Waals surface area contributed by atoms with Gasteiger partial charge in [0.2, 0.25) is 5.70 Å². The van der Waals surface area contributed by atoms with E-state index in [4.69, 9.17) is 11.7 Å². The van der Waals surface area contributed by atoms with Gasteiger partial charge in [-0.3, -0.25) is 9.48 Å². The van der Waals surface area contributed by atoms with Crippen molar-refractivity contribution in [1.29, 1.82) is 0 Å². The number of aryl methyl sites for hydroxylation is 1. The van der Waals surface area contributed by atoms with Crippen LogP contribution < -0.4 is 0 Å². The Hall–Kier alpha value is -2.87. The zero-order valence-electron chi connectivity index (χ0n) is 14.7. The molecule has 126 valence electrons.